The lowest BCUT2D eigenvalue weighted by Crippen LogP contribution is -2.47. The summed E-state index contributed by atoms with van der Waals surface area (Å²) < 4.78 is 6.62. The Labute approximate surface area is 173 Å². The molecular formula is C22H22N4O4. The third kappa shape index (κ3) is 3.76. The maximum Gasteiger partial charge on any atom is 0.408 e. The average molecular weight is 406 g/mol. The molecule has 8 heteroatoms. The molecule has 0 fully saturated rings. The van der Waals surface area contributed by atoms with E-state index in [0.29, 0.717) is 18.5 Å². The number of likely N-dealkylation sites (N-methyl/N-ethyl adjacent to an activating group) is 1. The van der Waals surface area contributed by atoms with Crippen LogP contribution >= 0.6 is 0 Å². The van der Waals surface area contributed by atoms with Gasteiger partial charge in [0.15, 0.2) is 0 Å². The molecule has 8 nitrogen and oxygen atoms in total. The van der Waals surface area contributed by atoms with Crippen LogP contribution in [-0.4, -0.2) is 45.7 Å². The molecule has 3 aromatic rings. The SMILES string of the molecule is CC(=O)n1ncc2c3c(ccc21)C[C@@H](NC(=O)OCc1ccccc1)C(=O)N(C)C3. The van der Waals surface area contributed by atoms with E-state index in [9.17, 15) is 14.4 Å². The summed E-state index contributed by atoms with van der Waals surface area (Å²) in [5, 5.41) is 7.69. The van der Waals surface area contributed by atoms with Gasteiger partial charge < -0.3 is 15.0 Å². The number of aromatic nitrogens is 2. The lowest BCUT2D eigenvalue weighted by atomic mass is 9.99. The summed E-state index contributed by atoms with van der Waals surface area (Å²) in [6.07, 6.45) is 1.34. The normalized spacial score (nSPS) is 16.1. The van der Waals surface area contributed by atoms with Gasteiger partial charge in [-0.15, -0.1) is 0 Å². The van der Waals surface area contributed by atoms with Crippen molar-refractivity contribution in [2.45, 2.75) is 32.5 Å². The van der Waals surface area contributed by atoms with Crippen LogP contribution in [0.1, 0.15) is 28.4 Å². The number of carbonyl (C=O) groups excluding carboxylic acids is 3. The zero-order valence-electron chi connectivity index (χ0n) is 16.8. The van der Waals surface area contributed by atoms with Gasteiger partial charge in [0.1, 0.15) is 12.6 Å². The Kier molecular flexibility index (Phi) is 5.22. The molecule has 30 heavy (non-hydrogen) atoms. The number of ether oxygens (including phenoxy) is 1. The number of rotatable bonds is 3. The summed E-state index contributed by atoms with van der Waals surface area (Å²) in [5.41, 5.74) is 3.43. The van der Waals surface area contributed by atoms with Gasteiger partial charge >= 0.3 is 6.09 Å². The minimum Gasteiger partial charge on any atom is -0.445 e. The van der Waals surface area contributed by atoms with E-state index in [1.165, 1.54) is 11.6 Å². The van der Waals surface area contributed by atoms with E-state index >= 15 is 0 Å². The predicted molar refractivity (Wildman–Crippen MR) is 110 cm³/mol. The number of nitrogens with one attached hydrogen (secondary N) is 1. The van der Waals surface area contributed by atoms with Crippen molar-refractivity contribution in [2.75, 3.05) is 7.05 Å². The Morgan fingerprint density at radius 2 is 1.97 bits per heavy atom. The van der Waals surface area contributed by atoms with Gasteiger partial charge in [-0.2, -0.15) is 5.10 Å². The Morgan fingerprint density at radius 3 is 2.70 bits per heavy atom. The first kappa shape index (κ1) is 19.6. The molecule has 2 aromatic carbocycles. The Morgan fingerprint density at radius 1 is 1.20 bits per heavy atom. The summed E-state index contributed by atoms with van der Waals surface area (Å²) in [6.45, 7) is 1.95. The van der Waals surface area contributed by atoms with Gasteiger partial charge in [-0.05, 0) is 22.8 Å². The van der Waals surface area contributed by atoms with Crippen LogP contribution in [-0.2, 0) is 29.1 Å². The number of hydrogen-bond donors (Lipinski definition) is 1. The highest BCUT2D eigenvalue weighted by molar-refractivity contribution is 5.93. The predicted octanol–water partition coefficient (Wildman–Crippen LogP) is 2.51. The highest BCUT2D eigenvalue weighted by atomic mass is 16.5. The molecular weight excluding hydrogens is 384 g/mol. The quantitative estimate of drug-likeness (QED) is 0.721. The first-order valence-electron chi connectivity index (χ1n) is 9.65. The fraction of sp³-hybridized carbons (Fsp3) is 0.273. The van der Waals surface area contributed by atoms with Gasteiger partial charge in [0.25, 0.3) is 0 Å². The van der Waals surface area contributed by atoms with Crippen LogP contribution in [0.4, 0.5) is 4.79 Å². The minimum absolute atomic E-state index is 0.130. The fourth-order valence-electron chi connectivity index (χ4n) is 3.74. The molecule has 0 bridgehead atoms. The molecule has 1 atom stereocenters. The first-order chi connectivity index (χ1) is 14.4. The van der Waals surface area contributed by atoms with E-state index in [1.807, 2.05) is 42.5 Å². The molecule has 1 N–H and O–H groups in total. The molecule has 0 unspecified atom stereocenters. The average Bonchev–Trinajstić information content (AvgIpc) is 3.13. The number of carbonyl (C=O) groups is 3. The van der Waals surface area contributed by atoms with Crippen molar-refractivity contribution in [2.24, 2.45) is 0 Å². The highest BCUT2D eigenvalue weighted by Gasteiger charge is 2.30. The second-order valence-corrected chi connectivity index (χ2v) is 7.37. The van der Waals surface area contributed by atoms with Gasteiger partial charge in [-0.3, -0.25) is 9.59 Å². The number of nitrogens with zero attached hydrogens (tertiary/aromatic N) is 3. The lowest BCUT2D eigenvalue weighted by Gasteiger charge is -2.20. The van der Waals surface area contributed by atoms with E-state index in [0.717, 1.165) is 22.1 Å². The summed E-state index contributed by atoms with van der Waals surface area (Å²) in [6, 6.07) is 12.3. The molecule has 0 saturated heterocycles. The summed E-state index contributed by atoms with van der Waals surface area (Å²) in [4.78, 5) is 38.5. The van der Waals surface area contributed by atoms with Gasteiger partial charge in [-0.1, -0.05) is 36.4 Å². The molecule has 1 aliphatic rings. The molecule has 4 rings (SSSR count). The second kappa shape index (κ2) is 7.98. The zero-order valence-corrected chi connectivity index (χ0v) is 16.8. The Bertz CT molecular complexity index is 1120. The first-order valence-corrected chi connectivity index (χ1v) is 9.65. The highest BCUT2D eigenvalue weighted by Crippen LogP contribution is 2.27. The van der Waals surface area contributed by atoms with Gasteiger partial charge in [0.2, 0.25) is 11.8 Å². The molecule has 0 spiro atoms. The van der Waals surface area contributed by atoms with Crippen molar-refractivity contribution in [1.82, 2.24) is 20.0 Å². The molecule has 2 amide bonds. The van der Waals surface area contributed by atoms with Crippen LogP contribution in [0.3, 0.4) is 0 Å². The van der Waals surface area contributed by atoms with Crippen LogP contribution in [0.15, 0.2) is 48.7 Å². The molecule has 154 valence electrons. The van der Waals surface area contributed by atoms with Crippen molar-refractivity contribution in [3.05, 3.63) is 65.4 Å². The van der Waals surface area contributed by atoms with Crippen molar-refractivity contribution < 1.29 is 19.1 Å². The smallest absolute Gasteiger partial charge is 0.408 e. The van der Waals surface area contributed by atoms with E-state index in [2.05, 4.69) is 10.4 Å². The number of hydrogen-bond acceptors (Lipinski definition) is 5. The van der Waals surface area contributed by atoms with Crippen molar-refractivity contribution in [3.8, 4) is 0 Å². The standard InChI is InChI=1S/C22H22N4O4/c1-14(27)26-20-9-8-16-10-19(21(28)25(2)12-18(16)17(20)11-23-26)24-22(29)30-13-15-6-4-3-5-7-15/h3-9,11,19H,10,12-13H2,1-2H3,(H,24,29)/t19-/m1/s1. The van der Waals surface area contributed by atoms with E-state index in [1.54, 1.807) is 18.1 Å². The number of fused-ring (bicyclic) bond motifs is 3. The maximum absolute atomic E-state index is 12.9. The molecule has 1 aliphatic heterocycles. The third-order valence-electron chi connectivity index (χ3n) is 5.26. The maximum atomic E-state index is 12.9. The van der Waals surface area contributed by atoms with Crippen LogP contribution in [0, 0.1) is 0 Å². The summed E-state index contributed by atoms with van der Waals surface area (Å²) in [5.74, 6) is -0.376. The molecule has 2 heterocycles. The molecule has 0 radical (unpaired) electrons. The molecule has 0 saturated carbocycles. The van der Waals surface area contributed by atoms with Gasteiger partial charge in [0, 0.05) is 32.3 Å². The third-order valence-corrected chi connectivity index (χ3v) is 5.26. The largest absolute Gasteiger partial charge is 0.445 e. The van der Waals surface area contributed by atoms with Gasteiger partial charge in [-0.25, -0.2) is 9.48 Å². The minimum atomic E-state index is -0.736. The number of benzene rings is 2. The molecule has 0 aliphatic carbocycles. The van der Waals surface area contributed by atoms with Crippen LogP contribution in [0.5, 0.6) is 0 Å². The summed E-state index contributed by atoms with van der Waals surface area (Å²) >= 11 is 0. The van der Waals surface area contributed by atoms with E-state index < -0.39 is 12.1 Å². The zero-order chi connectivity index (χ0) is 21.3. The second-order valence-electron chi connectivity index (χ2n) is 7.37. The fourth-order valence-corrected chi connectivity index (χ4v) is 3.74. The van der Waals surface area contributed by atoms with Crippen molar-refractivity contribution in [3.63, 3.8) is 0 Å². The summed E-state index contributed by atoms with van der Waals surface area (Å²) in [7, 11) is 1.69. The monoisotopic (exact) mass is 406 g/mol. The van der Waals surface area contributed by atoms with E-state index in [-0.39, 0.29) is 18.4 Å². The number of alkyl carbamates (subject to hydrolysis) is 1. The van der Waals surface area contributed by atoms with Crippen molar-refractivity contribution in [1.29, 1.82) is 0 Å². The topological polar surface area (TPSA) is 93.5 Å². The van der Waals surface area contributed by atoms with Crippen LogP contribution < -0.4 is 5.32 Å². The lowest BCUT2D eigenvalue weighted by molar-refractivity contribution is -0.132. The van der Waals surface area contributed by atoms with E-state index in [4.69, 9.17) is 4.74 Å². The molecule has 1 aromatic heterocycles. The van der Waals surface area contributed by atoms with Gasteiger partial charge in [0.05, 0.1) is 11.7 Å². The van der Waals surface area contributed by atoms with Crippen LogP contribution in [0.25, 0.3) is 10.9 Å². The number of amides is 2. The Hall–Kier alpha value is -3.68. The van der Waals surface area contributed by atoms with Crippen molar-refractivity contribution >= 4 is 28.8 Å². The van der Waals surface area contributed by atoms with Crippen LogP contribution in [0.2, 0.25) is 0 Å². The Balaban J connectivity index is 1.55.